The summed E-state index contributed by atoms with van der Waals surface area (Å²) < 4.78 is 4.93. The Labute approximate surface area is 331 Å². The van der Waals surface area contributed by atoms with Crippen LogP contribution in [0.2, 0.25) is 0 Å². The SMILES string of the molecule is c1ccc(-c2ccc3c(c2)c2ccccc2n3-c2ccc3c(c2)-c2cc(-n4c5ccc(-c6ccccc6)cc5c5ccc(-c6ccccc6)cc54)ccc2C3)cc1. The zero-order valence-corrected chi connectivity index (χ0v) is 31.2. The molecule has 266 valence electrons. The van der Waals surface area contributed by atoms with Crippen molar-refractivity contribution in [3.05, 3.63) is 217 Å². The van der Waals surface area contributed by atoms with Gasteiger partial charge in [0, 0.05) is 32.9 Å². The van der Waals surface area contributed by atoms with Crippen LogP contribution in [0.15, 0.2) is 206 Å². The Morgan fingerprint density at radius 3 is 1.23 bits per heavy atom. The fourth-order valence-corrected chi connectivity index (χ4v) is 9.40. The van der Waals surface area contributed by atoms with Crippen LogP contribution in [0.5, 0.6) is 0 Å². The summed E-state index contributed by atoms with van der Waals surface area (Å²) in [4.78, 5) is 0. The first-order chi connectivity index (χ1) is 28.2. The Hall–Kier alpha value is -7.42. The van der Waals surface area contributed by atoms with Crippen molar-refractivity contribution >= 4 is 43.6 Å². The van der Waals surface area contributed by atoms with Crippen LogP contribution in [0.1, 0.15) is 11.1 Å². The molecule has 57 heavy (non-hydrogen) atoms. The van der Waals surface area contributed by atoms with Gasteiger partial charge in [-0.2, -0.15) is 0 Å². The molecule has 9 aromatic carbocycles. The van der Waals surface area contributed by atoms with Crippen molar-refractivity contribution in [3.8, 4) is 55.9 Å². The van der Waals surface area contributed by atoms with E-state index in [9.17, 15) is 0 Å². The molecule has 2 aromatic heterocycles. The van der Waals surface area contributed by atoms with Crippen molar-refractivity contribution in [2.24, 2.45) is 0 Å². The van der Waals surface area contributed by atoms with E-state index in [1.165, 1.54) is 111 Å². The number of aromatic nitrogens is 2. The van der Waals surface area contributed by atoms with E-state index in [1.54, 1.807) is 0 Å². The average molecular weight is 725 g/mol. The van der Waals surface area contributed by atoms with Crippen LogP contribution in [0.3, 0.4) is 0 Å². The highest BCUT2D eigenvalue weighted by atomic mass is 15.0. The third-order valence-electron chi connectivity index (χ3n) is 12.1. The topological polar surface area (TPSA) is 9.86 Å². The van der Waals surface area contributed by atoms with E-state index in [4.69, 9.17) is 0 Å². The summed E-state index contributed by atoms with van der Waals surface area (Å²) in [5.74, 6) is 0. The quantitative estimate of drug-likeness (QED) is 0.167. The second-order valence-electron chi connectivity index (χ2n) is 15.3. The van der Waals surface area contributed by atoms with E-state index in [-0.39, 0.29) is 0 Å². The second kappa shape index (κ2) is 12.6. The van der Waals surface area contributed by atoms with Crippen molar-refractivity contribution in [2.45, 2.75) is 6.42 Å². The van der Waals surface area contributed by atoms with Crippen molar-refractivity contribution in [3.63, 3.8) is 0 Å². The summed E-state index contributed by atoms with van der Waals surface area (Å²) in [6.45, 7) is 0. The molecule has 0 unspecified atom stereocenters. The Morgan fingerprint density at radius 1 is 0.263 bits per heavy atom. The van der Waals surface area contributed by atoms with Crippen molar-refractivity contribution in [1.82, 2.24) is 9.13 Å². The first kappa shape index (κ1) is 31.9. The highest BCUT2D eigenvalue weighted by Crippen LogP contribution is 2.43. The average Bonchev–Trinajstić information content (AvgIpc) is 3.93. The number of benzene rings is 9. The van der Waals surface area contributed by atoms with Crippen molar-refractivity contribution < 1.29 is 0 Å². The molecule has 12 rings (SSSR count). The van der Waals surface area contributed by atoms with E-state index in [0.717, 1.165) is 6.42 Å². The first-order valence-corrected chi connectivity index (χ1v) is 19.8. The second-order valence-corrected chi connectivity index (χ2v) is 15.3. The molecule has 2 heteroatoms. The van der Waals surface area contributed by atoms with Gasteiger partial charge in [-0.25, -0.2) is 0 Å². The van der Waals surface area contributed by atoms with Gasteiger partial charge in [-0.15, -0.1) is 0 Å². The van der Waals surface area contributed by atoms with Gasteiger partial charge in [-0.05, 0) is 123 Å². The summed E-state index contributed by atoms with van der Waals surface area (Å²) in [5, 5.41) is 5.06. The predicted octanol–water partition coefficient (Wildman–Crippen LogP) is 14.5. The molecule has 0 aliphatic heterocycles. The van der Waals surface area contributed by atoms with Crippen LogP contribution >= 0.6 is 0 Å². The predicted molar refractivity (Wildman–Crippen MR) is 240 cm³/mol. The molecule has 2 nitrogen and oxygen atoms in total. The summed E-state index contributed by atoms with van der Waals surface area (Å²) in [6.07, 6.45) is 0.935. The fraction of sp³-hybridized carbons (Fsp3) is 0.0182. The van der Waals surface area contributed by atoms with Gasteiger partial charge in [0.15, 0.2) is 0 Å². The van der Waals surface area contributed by atoms with Gasteiger partial charge >= 0.3 is 0 Å². The van der Waals surface area contributed by atoms with Gasteiger partial charge < -0.3 is 9.13 Å². The number of hydrogen-bond acceptors (Lipinski definition) is 0. The van der Waals surface area contributed by atoms with Gasteiger partial charge in [-0.3, -0.25) is 0 Å². The molecule has 0 fully saturated rings. The monoisotopic (exact) mass is 724 g/mol. The van der Waals surface area contributed by atoms with Crippen LogP contribution in [-0.2, 0) is 6.42 Å². The summed E-state index contributed by atoms with van der Waals surface area (Å²) >= 11 is 0. The molecule has 1 aliphatic carbocycles. The fourth-order valence-electron chi connectivity index (χ4n) is 9.40. The maximum absolute atomic E-state index is 2.48. The minimum absolute atomic E-state index is 0.935. The molecule has 0 spiro atoms. The third-order valence-corrected chi connectivity index (χ3v) is 12.1. The smallest absolute Gasteiger partial charge is 0.0547 e. The van der Waals surface area contributed by atoms with E-state index in [0.29, 0.717) is 0 Å². The standard InChI is InChI=1S/C55H36N2/c1-4-12-36(13-5-1)39-23-28-53-50(31-39)46-18-10-11-19-52(46)56(53)44-25-20-42-30-43-21-26-45(35-49(43)48(42)34-44)57-54-29-24-40(37-14-6-2-7-15-37)32-51(54)47-27-22-41(33-55(47)57)38-16-8-3-9-17-38/h1-29,31-35H,30H2. The highest BCUT2D eigenvalue weighted by molar-refractivity contribution is 6.12. The van der Waals surface area contributed by atoms with E-state index < -0.39 is 0 Å². The highest BCUT2D eigenvalue weighted by Gasteiger charge is 2.23. The van der Waals surface area contributed by atoms with Gasteiger partial charge in [-0.1, -0.05) is 146 Å². The van der Waals surface area contributed by atoms with Crippen molar-refractivity contribution in [1.29, 1.82) is 0 Å². The summed E-state index contributed by atoms with van der Waals surface area (Å²) in [6, 6.07) is 76.0. The van der Waals surface area contributed by atoms with Crippen LogP contribution in [0.25, 0.3) is 99.5 Å². The molecule has 0 bridgehead atoms. The molecular formula is C55H36N2. The minimum atomic E-state index is 0.935. The van der Waals surface area contributed by atoms with Crippen molar-refractivity contribution in [2.75, 3.05) is 0 Å². The molecular weight excluding hydrogens is 689 g/mol. The summed E-state index contributed by atoms with van der Waals surface area (Å²) in [5.41, 5.74) is 20.0. The molecule has 0 saturated heterocycles. The van der Waals surface area contributed by atoms with Gasteiger partial charge in [0.05, 0.1) is 22.1 Å². The Balaban J connectivity index is 1.03. The Morgan fingerprint density at radius 2 is 0.684 bits per heavy atom. The molecule has 0 saturated carbocycles. The first-order valence-electron chi connectivity index (χ1n) is 19.8. The molecule has 11 aromatic rings. The maximum atomic E-state index is 2.48. The minimum Gasteiger partial charge on any atom is -0.309 e. The van der Waals surface area contributed by atoms with Gasteiger partial charge in [0.1, 0.15) is 0 Å². The molecule has 0 N–H and O–H groups in total. The number of nitrogens with zero attached hydrogens (tertiary/aromatic N) is 2. The molecule has 0 amide bonds. The lowest BCUT2D eigenvalue weighted by Gasteiger charge is -2.13. The van der Waals surface area contributed by atoms with Crippen LogP contribution < -0.4 is 0 Å². The lowest BCUT2D eigenvalue weighted by Crippen LogP contribution is -1.96. The molecule has 0 radical (unpaired) electrons. The Kier molecular flexibility index (Phi) is 7.02. The lowest BCUT2D eigenvalue weighted by molar-refractivity contribution is 1.17. The number of hydrogen-bond donors (Lipinski definition) is 0. The van der Waals surface area contributed by atoms with Crippen LogP contribution in [0, 0.1) is 0 Å². The van der Waals surface area contributed by atoms with Crippen LogP contribution in [0.4, 0.5) is 0 Å². The molecule has 1 aliphatic rings. The molecule has 2 heterocycles. The molecule has 0 atom stereocenters. The zero-order chi connectivity index (χ0) is 37.5. The van der Waals surface area contributed by atoms with E-state index in [1.807, 2.05) is 0 Å². The van der Waals surface area contributed by atoms with Gasteiger partial charge in [0.2, 0.25) is 0 Å². The lowest BCUT2D eigenvalue weighted by atomic mass is 10.0. The number of fused-ring (bicyclic) bond motifs is 9. The number of para-hydroxylation sites is 1. The summed E-state index contributed by atoms with van der Waals surface area (Å²) in [7, 11) is 0. The normalized spacial score (nSPS) is 12.1. The van der Waals surface area contributed by atoms with Crippen LogP contribution in [-0.4, -0.2) is 9.13 Å². The third kappa shape index (κ3) is 5.04. The van der Waals surface area contributed by atoms with E-state index in [2.05, 4.69) is 215 Å². The van der Waals surface area contributed by atoms with E-state index >= 15 is 0 Å². The van der Waals surface area contributed by atoms with Gasteiger partial charge in [0.25, 0.3) is 0 Å². The number of rotatable bonds is 5. The zero-order valence-electron chi connectivity index (χ0n) is 31.2. The maximum Gasteiger partial charge on any atom is 0.0547 e. The largest absolute Gasteiger partial charge is 0.309 e. The Bertz CT molecular complexity index is 3350.